The minimum atomic E-state index is -0.365. The van der Waals surface area contributed by atoms with Gasteiger partial charge in [0, 0.05) is 11.1 Å². The fraction of sp³-hybridized carbons (Fsp3) is 0.250. The molecule has 0 saturated carbocycles. The van der Waals surface area contributed by atoms with Gasteiger partial charge in [0.15, 0.2) is 23.1 Å². The Kier molecular flexibility index (Phi) is 8.16. The lowest BCUT2D eigenvalue weighted by atomic mass is 9.91. The van der Waals surface area contributed by atoms with Crippen molar-refractivity contribution in [1.82, 2.24) is 5.32 Å². The second-order valence-corrected chi connectivity index (χ2v) is 9.69. The van der Waals surface area contributed by atoms with Crippen molar-refractivity contribution in [3.8, 4) is 11.5 Å². The first-order chi connectivity index (χ1) is 19.0. The molecule has 0 saturated heterocycles. The number of fused-ring (bicyclic) bond motifs is 3. The molecule has 4 aromatic rings. The van der Waals surface area contributed by atoms with Crippen LogP contribution in [0.1, 0.15) is 47.9 Å². The number of amidine groups is 2. The first-order valence-electron chi connectivity index (χ1n) is 13.3. The Hall–Kier alpha value is -4.26. The van der Waals surface area contributed by atoms with Gasteiger partial charge < -0.3 is 14.8 Å². The van der Waals surface area contributed by atoms with E-state index in [2.05, 4.69) is 23.5 Å². The molecule has 7 heteroatoms. The van der Waals surface area contributed by atoms with E-state index in [1.807, 2.05) is 6.07 Å². The molecule has 39 heavy (non-hydrogen) atoms. The Morgan fingerprint density at radius 2 is 1.23 bits per heavy atom. The van der Waals surface area contributed by atoms with E-state index in [0.717, 1.165) is 66.0 Å². The number of halogens is 2. The smallest absolute Gasteiger partial charge is 0.165 e. The van der Waals surface area contributed by atoms with Gasteiger partial charge in [0.1, 0.15) is 11.7 Å². The van der Waals surface area contributed by atoms with Gasteiger partial charge in [-0.3, -0.25) is 10.8 Å². The molecule has 4 aromatic carbocycles. The molecule has 1 aliphatic heterocycles. The molecule has 0 spiro atoms. The molecular weight excluding hydrogens is 496 g/mol. The van der Waals surface area contributed by atoms with Gasteiger partial charge in [-0.05, 0) is 84.7 Å². The zero-order valence-corrected chi connectivity index (χ0v) is 21.7. The third-order valence-electron chi connectivity index (χ3n) is 6.92. The summed E-state index contributed by atoms with van der Waals surface area (Å²) in [5.74, 6) is 0.341. The molecule has 0 radical (unpaired) electrons. The van der Waals surface area contributed by atoms with Crippen LogP contribution < -0.4 is 14.8 Å². The van der Waals surface area contributed by atoms with Crippen molar-refractivity contribution in [1.29, 1.82) is 10.8 Å². The van der Waals surface area contributed by atoms with Crippen molar-refractivity contribution in [3.63, 3.8) is 0 Å². The Balaban J connectivity index is 1.23. The fourth-order valence-corrected chi connectivity index (χ4v) is 5.00. The summed E-state index contributed by atoms with van der Waals surface area (Å²) in [4.78, 5) is 0. The lowest BCUT2D eigenvalue weighted by Gasteiger charge is -2.13. The van der Waals surface area contributed by atoms with E-state index in [9.17, 15) is 8.78 Å². The average Bonchev–Trinajstić information content (AvgIpc) is 3.24. The molecule has 0 unspecified atom stereocenters. The van der Waals surface area contributed by atoms with Gasteiger partial charge in [0.05, 0.1) is 13.2 Å². The van der Waals surface area contributed by atoms with Gasteiger partial charge in [-0.15, -0.1) is 0 Å². The van der Waals surface area contributed by atoms with Crippen LogP contribution in [0.4, 0.5) is 8.78 Å². The van der Waals surface area contributed by atoms with Crippen LogP contribution in [0.3, 0.4) is 0 Å². The van der Waals surface area contributed by atoms with Crippen molar-refractivity contribution >= 4 is 22.4 Å². The molecule has 0 aliphatic carbocycles. The topological polar surface area (TPSA) is 78.2 Å². The van der Waals surface area contributed by atoms with Gasteiger partial charge in [-0.2, -0.15) is 0 Å². The number of unbranched alkanes of at least 4 members (excludes halogenated alkanes) is 2. The van der Waals surface area contributed by atoms with Crippen LogP contribution in [0.15, 0.2) is 72.8 Å². The van der Waals surface area contributed by atoms with Gasteiger partial charge in [0.25, 0.3) is 0 Å². The molecule has 5 rings (SSSR count). The highest BCUT2D eigenvalue weighted by molar-refractivity contribution is 6.28. The van der Waals surface area contributed by atoms with E-state index in [0.29, 0.717) is 13.2 Å². The number of hydrogen-bond acceptors (Lipinski definition) is 4. The zero-order chi connectivity index (χ0) is 27.2. The highest BCUT2D eigenvalue weighted by Crippen LogP contribution is 2.31. The van der Waals surface area contributed by atoms with Crippen molar-refractivity contribution in [2.75, 3.05) is 13.2 Å². The molecule has 5 nitrogen and oxygen atoms in total. The Morgan fingerprint density at radius 1 is 0.641 bits per heavy atom. The standard InChI is InChI=1S/C32H31F2N3O2/c33-25-11-1-3-13-27(25)38-17-7-5-9-21-15-16-24-23(19-21)20-22(29-30(24)32(36)37-31(29)35)10-6-8-18-39-28-14-4-2-12-26(28)34/h1-4,11-16,19-20H,5-10,17-18H2,(H3,35,36,37). The lowest BCUT2D eigenvalue weighted by Crippen LogP contribution is -2.20. The first kappa shape index (κ1) is 26.4. The van der Waals surface area contributed by atoms with Crippen molar-refractivity contribution in [3.05, 3.63) is 107 Å². The van der Waals surface area contributed by atoms with E-state index < -0.39 is 0 Å². The summed E-state index contributed by atoms with van der Waals surface area (Å²) in [6.45, 7) is 0.866. The quantitative estimate of drug-likeness (QED) is 0.171. The van der Waals surface area contributed by atoms with E-state index in [-0.39, 0.29) is 34.8 Å². The summed E-state index contributed by atoms with van der Waals surface area (Å²) < 4.78 is 38.6. The molecule has 3 N–H and O–H groups in total. The van der Waals surface area contributed by atoms with Gasteiger partial charge in [-0.25, -0.2) is 8.78 Å². The number of rotatable bonds is 12. The van der Waals surface area contributed by atoms with E-state index in [1.165, 1.54) is 17.7 Å². The number of nitrogens with one attached hydrogen (secondary N) is 3. The number of ether oxygens (including phenoxy) is 2. The summed E-state index contributed by atoms with van der Waals surface area (Å²) in [5, 5.41) is 21.8. The number of aryl methyl sites for hydroxylation is 2. The summed E-state index contributed by atoms with van der Waals surface area (Å²) in [7, 11) is 0. The second-order valence-electron chi connectivity index (χ2n) is 9.69. The van der Waals surface area contributed by atoms with Crippen LogP contribution >= 0.6 is 0 Å². The maximum absolute atomic E-state index is 13.8. The first-order valence-corrected chi connectivity index (χ1v) is 13.3. The van der Waals surface area contributed by atoms with Gasteiger partial charge >= 0.3 is 0 Å². The van der Waals surface area contributed by atoms with Crippen LogP contribution in [0.25, 0.3) is 10.8 Å². The predicted octanol–water partition coefficient (Wildman–Crippen LogP) is 7.18. The minimum Gasteiger partial charge on any atom is -0.491 e. The van der Waals surface area contributed by atoms with Crippen molar-refractivity contribution in [2.24, 2.45) is 0 Å². The van der Waals surface area contributed by atoms with Crippen LogP contribution in [-0.4, -0.2) is 24.9 Å². The average molecular weight is 528 g/mol. The molecule has 0 atom stereocenters. The molecule has 0 amide bonds. The highest BCUT2D eigenvalue weighted by atomic mass is 19.1. The number of hydrogen-bond donors (Lipinski definition) is 3. The molecule has 0 bridgehead atoms. The van der Waals surface area contributed by atoms with Crippen LogP contribution in [0.2, 0.25) is 0 Å². The third kappa shape index (κ3) is 6.08. The molecule has 1 aliphatic rings. The monoisotopic (exact) mass is 527 g/mol. The summed E-state index contributed by atoms with van der Waals surface area (Å²) in [6.07, 6.45) is 4.86. The molecular formula is C32H31F2N3O2. The number of benzene rings is 4. The highest BCUT2D eigenvalue weighted by Gasteiger charge is 2.26. The normalized spacial score (nSPS) is 12.5. The lowest BCUT2D eigenvalue weighted by molar-refractivity contribution is 0.292. The SMILES string of the molecule is N=C1NC(=N)c2c1c(CCCCOc1ccccc1F)cc1cc(CCCCOc3ccccc3F)ccc21. The zero-order valence-electron chi connectivity index (χ0n) is 21.7. The predicted molar refractivity (Wildman–Crippen MR) is 150 cm³/mol. The Bertz CT molecular complexity index is 1520. The molecule has 0 aromatic heterocycles. The van der Waals surface area contributed by atoms with Crippen LogP contribution in [0, 0.1) is 22.5 Å². The maximum atomic E-state index is 13.8. The molecule has 0 fully saturated rings. The molecule has 1 heterocycles. The maximum Gasteiger partial charge on any atom is 0.165 e. The number of para-hydroxylation sites is 2. The Labute approximate surface area is 226 Å². The van der Waals surface area contributed by atoms with E-state index >= 15 is 0 Å². The minimum absolute atomic E-state index is 0.253. The van der Waals surface area contributed by atoms with E-state index in [1.54, 1.807) is 36.4 Å². The molecule has 200 valence electrons. The summed E-state index contributed by atoms with van der Waals surface area (Å²) >= 11 is 0. The van der Waals surface area contributed by atoms with Gasteiger partial charge in [0.2, 0.25) is 0 Å². The van der Waals surface area contributed by atoms with E-state index in [4.69, 9.17) is 20.3 Å². The van der Waals surface area contributed by atoms with Crippen LogP contribution in [0.5, 0.6) is 11.5 Å². The van der Waals surface area contributed by atoms with Crippen molar-refractivity contribution in [2.45, 2.75) is 38.5 Å². The summed E-state index contributed by atoms with van der Waals surface area (Å²) in [5.41, 5.74) is 3.78. The van der Waals surface area contributed by atoms with Crippen LogP contribution in [-0.2, 0) is 12.8 Å². The Morgan fingerprint density at radius 3 is 1.87 bits per heavy atom. The largest absolute Gasteiger partial charge is 0.491 e. The second kappa shape index (κ2) is 12.1. The fourth-order valence-electron chi connectivity index (χ4n) is 5.00. The van der Waals surface area contributed by atoms with Gasteiger partial charge in [-0.1, -0.05) is 48.5 Å². The third-order valence-corrected chi connectivity index (χ3v) is 6.92. The summed E-state index contributed by atoms with van der Waals surface area (Å²) in [6, 6.07) is 21.2. The van der Waals surface area contributed by atoms with Crippen molar-refractivity contribution < 1.29 is 18.3 Å².